The number of oxazole rings is 1. The predicted octanol–water partition coefficient (Wildman–Crippen LogP) is 4.82. The van der Waals surface area contributed by atoms with Crippen LogP contribution in [0, 0.1) is 6.92 Å². The molecule has 0 aliphatic heterocycles. The second-order valence-corrected chi connectivity index (χ2v) is 6.30. The number of aryl methyl sites for hydroxylation is 1. The van der Waals surface area contributed by atoms with Gasteiger partial charge in [0.15, 0.2) is 10.9 Å². The number of hydrogen-bond donors (Lipinski definition) is 1. The minimum Gasteiger partial charge on any atom is -0.440 e. The van der Waals surface area contributed by atoms with Crippen LogP contribution in [0.4, 0.5) is 0 Å². The van der Waals surface area contributed by atoms with Gasteiger partial charge >= 0.3 is 0 Å². The second-order valence-electron chi connectivity index (χ2n) is 5.34. The summed E-state index contributed by atoms with van der Waals surface area (Å²) in [5.41, 5.74) is 4.30. The van der Waals surface area contributed by atoms with Crippen LogP contribution in [0.1, 0.15) is 11.5 Å². The molecule has 0 atom stereocenters. The Bertz CT molecular complexity index is 943. The Kier molecular flexibility index (Phi) is 3.63. The summed E-state index contributed by atoms with van der Waals surface area (Å²) < 4.78 is 5.81. The van der Waals surface area contributed by atoms with E-state index in [-0.39, 0.29) is 0 Å². The number of nitrogens with one attached hydrogen (secondary N) is 1. The van der Waals surface area contributed by atoms with Gasteiger partial charge in [0.2, 0.25) is 5.89 Å². The topological polar surface area (TPSA) is 54.7 Å². The van der Waals surface area contributed by atoms with Crippen molar-refractivity contribution in [1.82, 2.24) is 15.0 Å². The highest BCUT2D eigenvalue weighted by atomic mass is 32.2. The summed E-state index contributed by atoms with van der Waals surface area (Å²) in [6, 6.07) is 16.2. The number of benzene rings is 2. The molecule has 0 fully saturated rings. The minimum absolute atomic E-state index is 0.644. The molecule has 2 aromatic carbocycles. The van der Waals surface area contributed by atoms with Gasteiger partial charge in [-0.3, -0.25) is 0 Å². The molecule has 0 aliphatic rings. The highest BCUT2D eigenvalue weighted by molar-refractivity contribution is 7.98. The van der Waals surface area contributed by atoms with Gasteiger partial charge in [0.05, 0.1) is 23.0 Å². The van der Waals surface area contributed by atoms with Crippen LogP contribution in [0.5, 0.6) is 0 Å². The lowest BCUT2D eigenvalue weighted by Gasteiger charge is -1.95. The first-order chi connectivity index (χ1) is 11.3. The van der Waals surface area contributed by atoms with E-state index < -0.39 is 0 Å². The van der Waals surface area contributed by atoms with Gasteiger partial charge in [-0.05, 0) is 24.6 Å². The summed E-state index contributed by atoms with van der Waals surface area (Å²) in [5, 5.41) is 0.880. The lowest BCUT2D eigenvalue weighted by molar-refractivity contribution is 0.530. The summed E-state index contributed by atoms with van der Waals surface area (Å²) in [6.45, 7) is 2.07. The Morgan fingerprint density at radius 1 is 1.13 bits per heavy atom. The van der Waals surface area contributed by atoms with Crippen LogP contribution < -0.4 is 0 Å². The van der Waals surface area contributed by atoms with Gasteiger partial charge < -0.3 is 9.40 Å². The van der Waals surface area contributed by atoms with Gasteiger partial charge in [0.1, 0.15) is 0 Å². The van der Waals surface area contributed by atoms with Crippen LogP contribution >= 0.6 is 11.8 Å². The molecule has 4 aromatic rings. The minimum atomic E-state index is 0.644. The maximum atomic E-state index is 5.81. The Labute approximate surface area is 138 Å². The zero-order chi connectivity index (χ0) is 15.6. The zero-order valence-electron chi connectivity index (χ0n) is 12.6. The largest absolute Gasteiger partial charge is 0.440 e. The van der Waals surface area contributed by atoms with Gasteiger partial charge in [-0.25, -0.2) is 9.97 Å². The molecule has 4 rings (SSSR count). The van der Waals surface area contributed by atoms with Crippen LogP contribution in [0.25, 0.3) is 22.4 Å². The molecule has 2 aromatic heterocycles. The smallest absolute Gasteiger partial charge is 0.205 e. The molecule has 0 saturated carbocycles. The van der Waals surface area contributed by atoms with E-state index in [0.717, 1.165) is 27.5 Å². The highest BCUT2D eigenvalue weighted by Gasteiger charge is 2.09. The maximum absolute atomic E-state index is 5.81. The second kappa shape index (κ2) is 5.93. The van der Waals surface area contributed by atoms with E-state index in [1.807, 2.05) is 36.4 Å². The first-order valence-electron chi connectivity index (χ1n) is 7.37. The van der Waals surface area contributed by atoms with Crippen LogP contribution in [0.2, 0.25) is 0 Å². The third-order valence-electron chi connectivity index (χ3n) is 3.56. The van der Waals surface area contributed by atoms with Crippen molar-refractivity contribution < 1.29 is 4.42 Å². The number of H-pyrrole nitrogens is 1. The van der Waals surface area contributed by atoms with Crippen molar-refractivity contribution in [3.63, 3.8) is 0 Å². The molecule has 0 aliphatic carbocycles. The lowest BCUT2D eigenvalue weighted by Crippen LogP contribution is -1.80. The van der Waals surface area contributed by atoms with E-state index in [0.29, 0.717) is 11.6 Å². The normalized spacial score (nSPS) is 11.2. The third kappa shape index (κ3) is 3.00. The van der Waals surface area contributed by atoms with Gasteiger partial charge in [0, 0.05) is 5.56 Å². The standard InChI is InChI=1S/C18H15N3OS/c1-12-7-8-14-15(9-12)21-18(20-14)23-11-17-19-10-16(22-17)13-5-3-2-4-6-13/h2-10H,11H2,1H3,(H,20,21). The summed E-state index contributed by atoms with van der Waals surface area (Å²) in [5.74, 6) is 2.14. The lowest BCUT2D eigenvalue weighted by atomic mass is 10.2. The summed E-state index contributed by atoms with van der Waals surface area (Å²) >= 11 is 1.59. The quantitative estimate of drug-likeness (QED) is 0.548. The number of thioether (sulfide) groups is 1. The van der Waals surface area contributed by atoms with Crippen molar-refractivity contribution in [2.24, 2.45) is 0 Å². The summed E-state index contributed by atoms with van der Waals surface area (Å²) in [4.78, 5) is 12.2. The van der Waals surface area contributed by atoms with E-state index in [1.54, 1.807) is 18.0 Å². The van der Waals surface area contributed by atoms with Gasteiger partial charge in [0.25, 0.3) is 0 Å². The fourth-order valence-corrected chi connectivity index (χ4v) is 3.15. The van der Waals surface area contributed by atoms with E-state index in [4.69, 9.17) is 4.42 Å². The molecule has 0 unspecified atom stereocenters. The van der Waals surface area contributed by atoms with Crippen LogP contribution in [0.15, 0.2) is 64.3 Å². The van der Waals surface area contributed by atoms with E-state index in [9.17, 15) is 0 Å². The average Bonchev–Trinajstić information content (AvgIpc) is 3.20. The molecule has 0 amide bonds. The van der Waals surface area contributed by atoms with Gasteiger partial charge in [-0.1, -0.05) is 48.2 Å². The predicted molar refractivity (Wildman–Crippen MR) is 92.3 cm³/mol. The zero-order valence-corrected chi connectivity index (χ0v) is 13.4. The fraction of sp³-hybridized carbons (Fsp3) is 0.111. The molecule has 5 heteroatoms. The Morgan fingerprint density at radius 2 is 2.00 bits per heavy atom. The number of imidazole rings is 1. The van der Waals surface area contributed by atoms with Gasteiger partial charge in [-0.15, -0.1) is 0 Å². The molecule has 2 heterocycles. The number of fused-ring (bicyclic) bond motifs is 1. The first kappa shape index (κ1) is 14.1. The molecule has 0 radical (unpaired) electrons. The summed E-state index contributed by atoms with van der Waals surface area (Å²) in [7, 11) is 0. The molecule has 4 nitrogen and oxygen atoms in total. The molecule has 114 valence electrons. The van der Waals surface area contributed by atoms with Crippen molar-refractivity contribution in [2.75, 3.05) is 0 Å². The van der Waals surface area contributed by atoms with Crippen LogP contribution in [0.3, 0.4) is 0 Å². The number of aromatic nitrogens is 3. The molecule has 1 N–H and O–H groups in total. The molecular weight excluding hydrogens is 306 g/mol. The number of hydrogen-bond acceptors (Lipinski definition) is 4. The number of rotatable bonds is 4. The maximum Gasteiger partial charge on any atom is 0.205 e. The first-order valence-corrected chi connectivity index (χ1v) is 8.36. The van der Waals surface area contributed by atoms with Crippen LogP contribution in [-0.4, -0.2) is 15.0 Å². The Hall–Kier alpha value is -2.53. The average molecular weight is 321 g/mol. The molecule has 0 bridgehead atoms. The number of aromatic amines is 1. The van der Waals surface area contributed by atoms with Crippen molar-refractivity contribution in [3.8, 4) is 11.3 Å². The fourth-order valence-electron chi connectivity index (χ4n) is 2.41. The molecular formula is C18H15N3OS. The third-order valence-corrected chi connectivity index (χ3v) is 4.42. The van der Waals surface area contributed by atoms with Crippen molar-refractivity contribution in [2.45, 2.75) is 17.8 Å². The van der Waals surface area contributed by atoms with E-state index in [2.05, 4.69) is 34.0 Å². The molecule has 0 saturated heterocycles. The Balaban J connectivity index is 1.49. The van der Waals surface area contributed by atoms with E-state index in [1.165, 1.54) is 5.56 Å². The van der Waals surface area contributed by atoms with Crippen molar-refractivity contribution in [1.29, 1.82) is 0 Å². The molecule has 23 heavy (non-hydrogen) atoms. The number of nitrogens with zero attached hydrogens (tertiary/aromatic N) is 2. The SMILES string of the molecule is Cc1ccc2nc(SCc3ncc(-c4ccccc4)o3)[nH]c2c1. The summed E-state index contributed by atoms with van der Waals surface area (Å²) in [6.07, 6.45) is 1.77. The van der Waals surface area contributed by atoms with Crippen molar-refractivity contribution in [3.05, 3.63) is 66.2 Å². The van der Waals surface area contributed by atoms with Crippen molar-refractivity contribution >= 4 is 22.8 Å². The molecule has 0 spiro atoms. The van der Waals surface area contributed by atoms with E-state index >= 15 is 0 Å². The Morgan fingerprint density at radius 3 is 2.87 bits per heavy atom. The van der Waals surface area contributed by atoms with Crippen LogP contribution in [-0.2, 0) is 5.75 Å². The van der Waals surface area contributed by atoms with Gasteiger partial charge in [-0.2, -0.15) is 0 Å². The monoisotopic (exact) mass is 321 g/mol. The highest BCUT2D eigenvalue weighted by Crippen LogP contribution is 2.26.